The quantitative estimate of drug-likeness (QED) is 0.765. The predicted octanol–water partition coefficient (Wildman–Crippen LogP) is 2.39. The van der Waals surface area contributed by atoms with E-state index in [0.29, 0.717) is 6.54 Å². The molecule has 1 aliphatic carbocycles. The summed E-state index contributed by atoms with van der Waals surface area (Å²) >= 11 is 0. The van der Waals surface area contributed by atoms with Crippen LogP contribution in [0, 0.1) is 0 Å². The summed E-state index contributed by atoms with van der Waals surface area (Å²) in [5.41, 5.74) is 5.24. The maximum Gasteiger partial charge on any atom is 0.249 e. The van der Waals surface area contributed by atoms with Gasteiger partial charge in [0.2, 0.25) is 5.91 Å². The van der Waals surface area contributed by atoms with E-state index in [1.54, 1.807) is 0 Å². The van der Waals surface area contributed by atoms with Crippen molar-refractivity contribution in [3.05, 3.63) is 0 Å². The fraction of sp³-hybridized carbons (Fsp3) is 0.929. The lowest BCUT2D eigenvalue weighted by atomic mass is 10.1. The van der Waals surface area contributed by atoms with E-state index < -0.39 is 0 Å². The van der Waals surface area contributed by atoms with Gasteiger partial charge >= 0.3 is 0 Å². The first-order valence-electron chi connectivity index (χ1n) is 7.12. The van der Waals surface area contributed by atoms with E-state index in [1.165, 1.54) is 25.7 Å². The van der Waals surface area contributed by atoms with Gasteiger partial charge in [-0.25, -0.2) is 0 Å². The van der Waals surface area contributed by atoms with Crippen LogP contribution in [0.2, 0.25) is 0 Å². The summed E-state index contributed by atoms with van der Waals surface area (Å²) in [5.74, 6) is -0.0605. The van der Waals surface area contributed by atoms with Gasteiger partial charge in [-0.05, 0) is 33.6 Å². The molecule has 0 saturated heterocycles. The second-order valence-electron chi connectivity index (χ2n) is 5.97. The van der Waals surface area contributed by atoms with Crippen LogP contribution in [0.15, 0.2) is 0 Å². The molecule has 3 N–H and O–H groups in total. The highest BCUT2D eigenvalue weighted by atomic mass is 35.5. The van der Waals surface area contributed by atoms with E-state index >= 15 is 0 Å². The largest absolute Gasteiger partial charge is 0.365 e. The fourth-order valence-electron chi connectivity index (χ4n) is 2.21. The van der Waals surface area contributed by atoms with Crippen LogP contribution in [0.3, 0.4) is 0 Å². The van der Waals surface area contributed by atoms with Crippen molar-refractivity contribution in [1.29, 1.82) is 0 Å². The molecule has 0 aromatic carbocycles. The van der Waals surface area contributed by atoms with E-state index in [1.807, 2.05) is 20.8 Å². The van der Waals surface area contributed by atoms with Crippen LogP contribution in [0.1, 0.15) is 59.3 Å². The molecule has 0 bridgehead atoms. The Morgan fingerprint density at radius 1 is 1.32 bits per heavy atom. The second kappa shape index (κ2) is 8.77. The maximum atomic E-state index is 12.0. The van der Waals surface area contributed by atoms with Gasteiger partial charge in [-0.2, -0.15) is 0 Å². The number of halogens is 1. The molecule has 5 heteroatoms. The Morgan fingerprint density at radius 3 is 2.32 bits per heavy atom. The molecule has 1 aliphatic rings. The SMILES string of the molecule is CC(OC1CCCCCC1)C(=O)NC(C)(C)CN.Cl. The number of hydrogen-bond donors (Lipinski definition) is 2. The summed E-state index contributed by atoms with van der Waals surface area (Å²) in [7, 11) is 0. The van der Waals surface area contributed by atoms with Crippen LogP contribution in [-0.2, 0) is 9.53 Å². The third-order valence-electron chi connectivity index (χ3n) is 3.54. The van der Waals surface area contributed by atoms with Gasteiger partial charge in [-0.3, -0.25) is 4.79 Å². The molecule has 1 fully saturated rings. The maximum absolute atomic E-state index is 12.0. The number of ether oxygens (including phenoxy) is 1. The molecule has 1 amide bonds. The molecule has 114 valence electrons. The van der Waals surface area contributed by atoms with Crippen LogP contribution in [-0.4, -0.2) is 30.2 Å². The third kappa shape index (κ3) is 7.14. The standard InChI is InChI=1S/C14H28N2O2.ClH/c1-11(13(17)16-14(2,3)10-15)18-12-8-6-4-5-7-9-12;/h11-12H,4-10,15H2,1-3H3,(H,16,17);1H. The van der Waals surface area contributed by atoms with E-state index in [-0.39, 0.29) is 36.1 Å². The van der Waals surface area contributed by atoms with Crippen LogP contribution in [0.25, 0.3) is 0 Å². The Kier molecular flexibility index (Phi) is 8.62. The van der Waals surface area contributed by atoms with Crippen molar-refractivity contribution in [3.8, 4) is 0 Å². The lowest BCUT2D eigenvalue weighted by molar-refractivity contribution is -0.137. The van der Waals surface area contributed by atoms with Gasteiger partial charge in [0.25, 0.3) is 0 Å². The zero-order chi connectivity index (χ0) is 13.6. The topological polar surface area (TPSA) is 64.3 Å². The van der Waals surface area contributed by atoms with Crippen molar-refractivity contribution in [2.75, 3.05) is 6.54 Å². The van der Waals surface area contributed by atoms with Gasteiger partial charge in [-0.1, -0.05) is 25.7 Å². The number of amides is 1. The van der Waals surface area contributed by atoms with Gasteiger partial charge in [0.15, 0.2) is 0 Å². The van der Waals surface area contributed by atoms with Gasteiger partial charge in [-0.15, -0.1) is 12.4 Å². The first-order chi connectivity index (χ1) is 8.44. The van der Waals surface area contributed by atoms with Crippen LogP contribution in [0.4, 0.5) is 0 Å². The summed E-state index contributed by atoms with van der Waals surface area (Å²) in [4.78, 5) is 12.0. The van der Waals surface area contributed by atoms with Crippen molar-refractivity contribution in [2.45, 2.75) is 77.0 Å². The summed E-state index contributed by atoms with van der Waals surface area (Å²) in [6.45, 7) is 6.09. The predicted molar refractivity (Wildman–Crippen MR) is 80.6 cm³/mol. The van der Waals surface area contributed by atoms with Gasteiger partial charge < -0.3 is 15.8 Å². The lowest BCUT2D eigenvalue weighted by Crippen LogP contribution is -2.52. The Hall–Kier alpha value is -0.320. The monoisotopic (exact) mass is 292 g/mol. The first-order valence-corrected chi connectivity index (χ1v) is 7.12. The molecule has 0 aromatic rings. The average molecular weight is 293 g/mol. The average Bonchev–Trinajstić information content (AvgIpc) is 2.57. The number of rotatable bonds is 5. The molecular weight excluding hydrogens is 264 g/mol. The molecule has 19 heavy (non-hydrogen) atoms. The summed E-state index contributed by atoms with van der Waals surface area (Å²) in [6, 6.07) is 0. The molecule has 0 heterocycles. The van der Waals surface area contributed by atoms with Crippen molar-refractivity contribution >= 4 is 18.3 Å². The molecule has 1 unspecified atom stereocenters. The third-order valence-corrected chi connectivity index (χ3v) is 3.54. The fourth-order valence-corrected chi connectivity index (χ4v) is 2.21. The van der Waals surface area contributed by atoms with E-state index in [4.69, 9.17) is 10.5 Å². The van der Waals surface area contributed by atoms with Crippen molar-refractivity contribution in [1.82, 2.24) is 5.32 Å². The smallest absolute Gasteiger partial charge is 0.249 e. The van der Waals surface area contributed by atoms with Crippen molar-refractivity contribution in [3.63, 3.8) is 0 Å². The molecule has 1 rings (SSSR count). The summed E-state index contributed by atoms with van der Waals surface area (Å²) < 4.78 is 5.87. The molecule has 1 atom stereocenters. The lowest BCUT2D eigenvalue weighted by Gasteiger charge is -2.27. The molecule has 1 saturated carbocycles. The van der Waals surface area contributed by atoms with E-state index in [9.17, 15) is 4.79 Å². The number of carbonyl (C=O) groups is 1. The molecular formula is C14H29ClN2O2. The molecule has 4 nitrogen and oxygen atoms in total. The number of hydrogen-bond acceptors (Lipinski definition) is 3. The van der Waals surface area contributed by atoms with E-state index in [2.05, 4.69) is 5.32 Å². The zero-order valence-electron chi connectivity index (χ0n) is 12.4. The zero-order valence-corrected chi connectivity index (χ0v) is 13.2. The Bertz CT molecular complexity index is 264. The van der Waals surface area contributed by atoms with Crippen molar-refractivity contribution in [2.24, 2.45) is 5.73 Å². The molecule has 0 aromatic heterocycles. The Labute approximate surface area is 123 Å². The minimum atomic E-state index is -0.390. The summed E-state index contributed by atoms with van der Waals surface area (Å²) in [6.07, 6.45) is 7.03. The van der Waals surface area contributed by atoms with Gasteiger partial charge in [0, 0.05) is 12.1 Å². The number of nitrogens with two attached hydrogens (primary N) is 1. The van der Waals surface area contributed by atoms with Gasteiger partial charge in [0.05, 0.1) is 6.10 Å². The van der Waals surface area contributed by atoms with Crippen LogP contribution >= 0.6 is 12.4 Å². The molecule has 0 aliphatic heterocycles. The van der Waals surface area contributed by atoms with Crippen LogP contribution in [0.5, 0.6) is 0 Å². The Morgan fingerprint density at radius 2 is 1.84 bits per heavy atom. The highest BCUT2D eigenvalue weighted by Gasteiger charge is 2.25. The van der Waals surface area contributed by atoms with Crippen LogP contribution < -0.4 is 11.1 Å². The minimum Gasteiger partial charge on any atom is -0.365 e. The van der Waals surface area contributed by atoms with E-state index in [0.717, 1.165) is 12.8 Å². The first kappa shape index (κ1) is 18.7. The second-order valence-corrected chi connectivity index (χ2v) is 5.97. The number of nitrogens with one attached hydrogen (secondary N) is 1. The Balaban J connectivity index is 0.00000324. The minimum absolute atomic E-state index is 0. The summed E-state index contributed by atoms with van der Waals surface area (Å²) in [5, 5.41) is 2.92. The van der Waals surface area contributed by atoms with Crippen molar-refractivity contribution < 1.29 is 9.53 Å². The highest BCUT2D eigenvalue weighted by Crippen LogP contribution is 2.21. The highest BCUT2D eigenvalue weighted by molar-refractivity contribution is 5.85. The number of carbonyl (C=O) groups excluding carboxylic acids is 1. The normalized spacial score (nSPS) is 19.2. The molecule has 0 spiro atoms. The molecule has 0 radical (unpaired) electrons. The van der Waals surface area contributed by atoms with Gasteiger partial charge in [0.1, 0.15) is 6.10 Å².